The normalized spacial score (nSPS) is 13.6. The molecular formula is C15H17ClO2. The smallest absolute Gasteiger partial charge is 0.308 e. The highest BCUT2D eigenvalue weighted by Crippen LogP contribution is 2.20. The number of hydrogen-bond acceptors (Lipinski definition) is 1. The summed E-state index contributed by atoms with van der Waals surface area (Å²) in [6.45, 7) is 5.65. The summed E-state index contributed by atoms with van der Waals surface area (Å²) in [5.74, 6) is 4.65. The molecule has 1 aromatic rings. The second-order valence-electron chi connectivity index (χ2n) is 4.67. The molecule has 0 spiro atoms. The molecule has 1 aromatic carbocycles. The predicted octanol–water partition coefficient (Wildman–Crippen LogP) is 3.68. The van der Waals surface area contributed by atoms with Crippen molar-refractivity contribution in [1.29, 1.82) is 0 Å². The maximum absolute atomic E-state index is 11.2. The molecule has 0 aliphatic heterocycles. The molecule has 2 atom stereocenters. The molecule has 3 heteroatoms. The molecule has 18 heavy (non-hydrogen) atoms. The number of hydrogen-bond donors (Lipinski definition) is 1. The lowest BCUT2D eigenvalue weighted by Gasteiger charge is -2.18. The van der Waals surface area contributed by atoms with Crippen molar-refractivity contribution >= 4 is 17.6 Å². The quantitative estimate of drug-likeness (QED) is 0.846. The van der Waals surface area contributed by atoms with Crippen LogP contribution in [0.4, 0.5) is 0 Å². The van der Waals surface area contributed by atoms with Crippen LogP contribution in [0.5, 0.6) is 0 Å². The molecule has 2 unspecified atom stereocenters. The van der Waals surface area contributed by atoms with Crippen LogP contribution >= 0.6 is 11.6 Å². The second kappa shape index (κ2) is 6.47. The Morgan fingerprint density at radius 3 is 2.22 bits per heavy atom. The van der Waals surface area contributed by atoms with Gasteiger partial charge >= 0.3 is 5.97 Å². The second-order valence-corrected chi connectivity index (χ2v) is 5.11. The Hall–Kier alpha value is -1.46. The van der Waals surface area contributed by atoms with E-state index in [4.69, 9.17) is 16.7 Å². The van der Waals surface area contributed by atoms with Gasteiger partial charge in [-0.25, -0.2) is 0 Å². The minimum atomic E-state index is -0.789. The zero-order valence-corrected chi connectivity index (χ0v) is 11.5. The predicted molar refractivity (Wildman–Crippen MR) is 73.5 cm³/mol. The fraction of sp³-hybridized carbons (Fsp3) is 0.400. The van der Waals surface area contributed by atoms with Gasteiger partial charge in [-0.15, -0.1) is 0 Å². The van der Waals surface area contributed by atoms with Crippen LogP contribution in [0.1, 0.15) is 26.3 Å². The number of carboxylic acids is 1. The zero-order valence-electron chi connectivity index (χ0n) is 10.8. The standard InChI is InChI=1S/C15H17ClO2/c1-10(2)14(15(17)18)11(3)4-5-12-6-8-13(16)9-7-12/h6-11,14H,1-3H3,(H,17,18). The molecule has 96 valence electrons. The summed E-state index contributed by atoms with van der Waals surface area (Å²) in [4.78, 5) is 11.2. The average Bonchev–Trinajstić information content (AvgIpc) is 2.27. The van der Waals surface area contributed by atoms with Crippen LogP contribution in [-0.4, -0.2) is 11.1 Å². The van der Waals surface area contributed by atoms with E-state index in [9.17, 15) is 4.79 Å². The van der Waals surface area contributed by atoms with Gasteiger partial charge < -0.3 is 5.11 Å². The van der Waals surface area contributed by atoms with Crippen molar-refractivity contribution in [2.45, 2.75) is 20.8 Å². The van der Waals surface area contributed by atoms with E-state index in [-0.39, 0.29) is 11.8 Å². The van der Waals surface area contributed by atoms with Gasteiger partial charge in [0.15, 0.2) is 0 Å². The molecule has 0 radical (unpaired) electrons. The van der Waals surface area contributed by atoms with Gasteiger partial charge in [0.2, 0.25) is 0 Å². The summed E-state index contributed by atoms with van der Waals surface area (Å²) in [7, 11) is 0. The Morgan fingerprint density at radius 2 is 1.78 bits per heavy atom. The van der Waals surface area contributed by atoms with Gasteiger partial charge in [0.1, 0.15) is 0 Å². The molecule has 0 saturated carbocycles. The van der Waals surface area contributed by atoms with Crippen LogP contribution in [0.3, 0.4) is 0 Å². The van der Waals surface area contributed by atoms with Gasteiger partial charge in [-0.05, 0) is 30.2 Å². The number of carbonyl (C=O) groups is 1. The number of halogens is 1. The Labute approximate surface area is 113 Å². The number of carboxylic acid groups (broad SMARTS) is 1. The SMILES string of the molecule is CC(C)C(C(=O)O)C(C)C#Cc1ccc(Cl)cc1. The van der Waals surface area contributed by atoms with Crippen LogP contribution < -0.4 is 0 Å². The summed E-state index contributed by atoms with van der Waals surface area (Å²) in [6.07, 6.45) is 0. The van der Waals surface area contributed by atoms with Crippen molar-refractivity contribution in [3.63, 3.8) is 0 Å². The third kappa shape index (κ3) is 4.09. The molecule has 2 nitrogen and oxygen atoms in total. The first-order valence-corrected chi connectivity index (χ1v) is 6.29. The lowest BCUT2D eigenvalue weighted by Crippen LogP contribution is -2.25. The first-order chi connectivity index (χ1) is 8.41. The maximum atomic E-state index is 11.2. The van der Waals surface area contributed by atoms with Gasteiger partial charge in [0, 0.05) is 16.5 Å². The molecular weight excluding hydrogens is 248 g/mol. The monoisotopic (exact) mass is 264 g/mol. The first-order valence-electron chi connectivity index (χ1n) is 5.91. The van der Waals surface area contributed by atoms with E-state index in [1.807, 2.05) is 32.9 Å². The fourth-order valence-electron chi connectivity index (χ4n) is 1.90. The van der Waals surface area contributed by atoms with Crippen molar-refractivity contribution in [2.24, 2.45) is 17.8 Å². The maximum Gasteiger partial charge on any atom is 0.308 e. The van der Waals surface area contributed by atoms with Gasteiger partial charge in [0.25, 0.3) is 0 Å². The van der Waals surface area contributed by atoms with E-state index in [0.29, 0.717) is 5.02 Å². The average molecular weight is 265 g/mol. The Balaban J connectivity index is 2.83. The third-order valence-corrected chi connectivity index (χ3v) is 3.08. The van der Waals surface area contributed by atoms with E-state index in [0.717, 1.165) is 5.56 Å². The summed E-state index contributed by atoms with van der Waals surface area (Å²) in [5.41, 5.74) is 0.846. The molecule has 1 N–H and O–H groups in total. The number of aliphatic carboxylic acids is 1. The van der Waals surface area contributed by atoms with E-state index in [1.165, 1.54) is 0 Å². The first kappa shape index (κ1) is 14.6. The highest BCUT2D eigenvalue weighted by atomic mass is 35.5. The summed E-state index contributed by atoms with van der Waals surface area (Å²) < 4.78 is 0. The van der Waals surface area contributed by atoms with Crippen LogP contribution in [0.25, 0.3) is 0 Å². The lowest BCUT2D eigenvalue weighted by molar-refractivity contribution is -0.144. The van der Waals surface area contributed by atoms with Crippen molar-refractivity contribution in [3.8, 4) is 11.8 Å². The Morgan fingerprint density at radius 1 is 1.22 bits per heavy atom. The minimum absolute atomic E-state index is 0.0667. The van der Waals surface area contributed by atoms with Crippen molar-refractivity contribution in [1.82, 2.24) is 0 Å². The van der Waals surface area contributed by atoms with Crippen LogP contribution in [0, 0.1) is 29.6 Å². The molecule has 0 aliphatic carbocycles. The third-order valence-electron chi connectivity index (χ3n) is 2.83. The van der Waals surface area contributed by atoms with Crippen LogP contribution in [-0.2, 0) is 4.79 Å². The molecule has 0 aliphatic rings. The summed E-state index contributed by atoms with van der Waals surface area (Å²) >= 11 is 5.78. The zero-order chi connectivity index (χ0) is 13.7. The summed E-state index contributed by atoms with van der Waals surface area (Å²) in [6, 6.07) is 7.20. The van der Waals surface area contributed by atoms with Crippen molar-refractivity contribution in [2.75, 3.05) is 0 Å². The number of rotatable bonds is 3. The molecule has 0 aromatic heterocycles. The highest BCUT2D eigenvalue weighted by molar-refractivity contribution is 6.30. The van der Waals surface area contributed by atoms with E-state index < -0.39 is 11.9 Å². The highest BCUT2D eigenvalue weighted by Gasteiger charge is 2.26. The molecule has 1 rings (SSSR count). The fourth-order valence-corrected chi connectivity index (χ4v) is 2.02. The van der Waals surface area contributed by atoms with Crippen molar-refractivity contribution < 1.29 is 9.90 Å². The molecule has 0 fully saturated rings. The Kier molecular flexibility index (Phi) is 5.25. The Bertz CT molecular complexity index is 466. The topological polar surface area (TPSA) is 37.3 Å². The van der Waals surface area contributed by atoms with E-state index in [2.05, 4.69) is 11.8 Å². The van der Waals surface area contributed by atoms with Gasteiger partial charge in [-0.3, -0.25) is 4.79 Å². The molecule has 0 bridgehead atoms. The van der Waals surface area contributed by atoms with Gasteiger partial charge in [0.05, 0.1) is 5.92 Å². The van der Waals surface area contributed by atoms with Gasteiger partial charge in [-0.1, -0.05) is 44.2 Å². The number of benzene rings is 1. The minimum Gasteiger partial charge on any atom is -0.481 e. The molecule has 0 amide bonds. The van der Waals surface area contributed by atoms with E-state index in [1.54, 1.807) is 12.1 Å². The van der Waals surface area contributed by atoms with Crippen LogP contribution in [0.15, 0.2) is 24.3 Å². The van der Waals surface area contributed by atoms with Crippen molar-refractivity contribution in [3.05, 3.63) is 34.9 Å². The molecule has 0 saturated heterocycles. The molecule has 0 heterocycles. The van der Waals surface area contributed by atoms with Gasteiger partial charge in [-0.2, -0.15) is 0 Å². The lowest BCUT2D eigenvalue weighted by atomic mass is 9.85. The van der Waals surface area contributed by atoms with Crippen LogP contribution in [0.2, 0.25) is 5.02 Å². The summed E-state index contributed by atoms with van der Waals surface area (Å²) in [5, 5.41) is 9.83. The van der Waals surface area contributed by atoms with E-state index >= 15 is 0 Å². The largest absolute Gasteiger partial charge is 0.481 e.